The summed E-state index contributed by atoms with van der Waals surface area (Å²) < 4.78 is 38.1. The van der Waals surface area contributed by atoms with Crippen molar-refractivity contribution in [2.75, 3.05) is 11.6 Å². The fourth-order valence-corrected chi connectivity index (χ4v) is 1.54. The highest BCUT2D eigenvalue weighted by Crippen LogP contribution is 2.37. The van der Waals surface area contributed by atoms with Gasteiger partial charge in [-0.15, -0.1) is 0 Å². The molecule has 0 aliphatic carbocycles. The summed E-state index contributed by atoms with van der Waals surface area (Å²) in [7, 11) is 0. The summed E-state index contributed by atoms with van der Waals surface area (Å²) in [6, 6.07) is 5.37. The minimum absolute atomic E-state index is 0.0445. The molecule has 16 heavy (non-hydrogen) atoms. The predicted molar refractivity (Wildman–Crippen MR) is 53.6 cm³/mol. The maximum Gasteiger partial charge on any atom is 0.418 e. The van der Waals surface area contributed by atoms with Gasteiger partial charge in [-0.3, -0.25) is 0 Å². The van der Waals surface area contributed by atoms with Gasteiger partial charge < -0.3 is 4.84 Å². The van der Waals surface area contributed by atoms with Gasteiger partial charge in [0.05, 0.1) is 17.8 Å². The van der Waals surface area contributed by atoms with Crippen molar-refractivity contribution in [2.24, 2.45) is 0 Å². The van der Waals surface area contributed by atoms with Crippen LogP contribution in [0.2, 0.25) is 0 Å². The predicted octanol–water partition coefficient (Wildman–Crippen LogP) is 3.36. The zero-order valence-corrected chi connectivity index (χ0v) is 8.58. The van der Waals surface area contributed by atoms with Crippen LogP contribution < -0.4 is 5.06 Å². The largest absolute Gasteiger partial charge is 0.418 e. The molecule has 0 saturated heterocycles. The van der Waals surface area contributed by atoms with Gasteiger partial charge >= 0.3 is 6.18 Å². The second-order valence-electron chi connectivity index (χ2n) is 3.48. The van der Waals surface area contributed by atoms with Crippen LogP contribution in [0.4, 0.5) is 18.9 Å². The lowest BCUT2D eigenvalue weighted by Gasteiger charge is -2.21. The number of hydrogen-bond acceptors (Lipinski definition) is 2. The van der Waals surface area contributed by atoms with Crippen molar-refractivity contribution in [3.63, 3.8) is 0 Å². The molecular formula is C11H10F3NO. The van der Waals surface area contributed by atoms with Gasteiger partial charge in [-0.1, -0.05) is 12.1 Å². The Kier molecular flexibility index (Phi) is 2.53. The Morgan fingerprint density at radius 2 is 1.94 bits per heavy atom. The molecule has 1 aliphatic heterocycles. The molecule has 0 atom stereocenters. The third-order valence-corrected chi connectivity index (χ3v) is 2.28. The van der Waals surface area contributed by atoms with E-state index < -0.39 is 11.7 Å². The van der Waals surface area contributed by atoms with Gasteiger partial charge in [0.15, 0.2) is 0 Å². The maximum atomic E-state index is 12.7. The summed E-state index contributed by atoms with van der Waals surface area (Å²) in [4.78, 5) is 5.18. The number of rotatable bonds is 1. The average molecular weight is 229 g/mol. The highest BCUT2D eigenvalue weighted by atomic mass is 19.4. The van der Waals surface area contributed by atoms with Crippen LogP contribution in [0.25, 0.3) is 0 Å². The Morgan fingerprint density at radius 3 is 2.50 bits per heavy atom. The molecule has 0 radical (unpaired) electrons. The molecule has 0 amide bonds. The Morgan fingerprint density at radius 1 is 1.25 bits per heavy atom. The molecule has 0 aromatic heterocycles. The molecule has 1 aliphatic rings. The van der Waals surface area contributed by atoms with Crippen LogP contribution in [0, 0.1) is 0 Å². The van der Waals surface area contributed by atoms with E-state index in [2.05, 4.69) is 0 Å². The Labute approximate surface area is 90.9 Å². The summed E-state index contributed by atoms with van der Waals surface area (Å²) in [6.07, 6.45) is -2.64. The third kappa shape index (κ3) is 1.98. The van der Waals surface area contributed by atoms with Gasteiger partial charge in [0.25, 0.3) is 0 Å². The van der Waals surface area contributed by atoms with E-state index >= 15 is 0 Å². The fourth-order valence-electron chi connectivity index (χ4n) is 1.54. The molecule has 0 saturated carbocycles. The topological polar surface area (TPSA) is 12.5 Å². The second kappa shape index (κ2) is 3.73. The average Bonchev–Trinajstić information content (AvgIpc) is 2.64. The van der Waals surface area contributed by atoms with E-state index in [1.54, 1.807) is 19.1 Å². The normalized spacial score (nSPS) is 16.0. The van der Waals surface area contributed by atoms with Crippen LogP contribution in [0.1, 0.15) is 12.5 Å². The van der Waals surface area contributed by atoms with Crippen LogP contribution in [-0.2, 0) is 11.0 Å². The van der Waals surface area contributed by atoms with Gasteiger partial charge in [0.2, 0.25) is 0 Å². The van der Waals surface area contributed by atoms with Crippen molar-refractivity contribution in [3.8, 4) is 0 Å². The Bertz CT molecular complexity index is 425. The van der Waals surface area contributed by atoms with Gasteiger partial charge in [-0.25, -0.2) is 5.06 Å². The summed E-state index contributed by atoms with van der Waals surface area (Å²) >= 11 is 0. The zero-order chi connectivity index (χ0) is 11.8. The number of nitrogens with zero attached hydrogens (tertiary/aromatic N) is 1. The number of benzene rings is 1. The molecule has 0 bridgehead atoms. The molecule has 2 rings (SSSR count). The van der Waals surface area contributed by atoms with E-state index in [0.29, 0.717) is 12.3 Å². The standard InChI is InChI=1S/C11H10F3NO/c1-8-6-7-15(16-8)10-5-3-2-4-9(10)11(12,13)14/h2-6H,7H2,1H3. The lowest BCUT2D eigenvalue weighted by atomic mass is 10.1. The van der Waals surface area contributed by atoms with E-state index in [1.807, 2.05) is 0 Å². The van der Waals surface area contributed by atoms with Crippen molar-refractivity contribution < 1.29 is 18.0 Å². The first-order chi connectivity index (χ1) is 7.48. The zero-order valence-electron chi connectivity index (χ0n) is 8.58. The number of alkyl halides is 3. The van der Waals surface area contributed by atoms with Crippen LogP contribution >= 0.6 is 0 Å². The minimum atomic E-state index is -4.36. The first-order valence-corrected chi connectivity index (χ1v) is 4.77. The molecule has 2 nitrogen and oxygen atoms in total. The highest BCUT2D eigenvalue weighted by molar-refractivity contribution is 5.54. The number of allylic oxidation sites excluding steroid dienone is 1. The lowest BCUT2D eigenvalue weighted by molar-refractivity contribution is -0.137. The monoisotopic (exact) mass is 229 g/mol. The number of anilines is 1. The van der Waals surface area contributed by atoms with Gasteiger partial charge in [-0.05, 0) is 25.1 Å². The quantitative estimate of drug-likeness (QED) is 0.732. The van der Waals surface area contributed by atoms with E-state index in [1.165, 1.54) is 17.2 Å². The summed E-state index contributed by atoms with van der Waals surface area (Å²) in [6.45, 7) is 2.04. The molecule has 0 fully saturated rings. The van der Waals surface area contributed by atoms with Crippen LogP contribution in [0.5, 0.6) is 0 Å². The summed E-state index contributed by atoms with van der Waals surface area (Å²) in [5.41, 5.74) is -0.638. The number of para-hydroxylation sites is 1. The summed E-state index contributed by atoms with van der Waals surface area (Å²) in [5.74, 6) is 0.608. The SMILES string of the molecule is CC1=CCN(c2ccccc2C(F)(F)F)O1. The van der Waals surface area contributed by atoms with E-state index in [0.717, 1.165) is 6.07 Å². The number of hydrogen-bond donors (Lipinski definition) is 0. The van der Waals surface area contributed by atoms with Crippen molar-refractivity contribution in [2.45, 2.75) is 13.1 Å². The molecule has 0 N–H and O–H groups in total. The molecule has 0 unspecified atom stereocenters. The van der Waals surface area contributed by atoms with E-state index in [9.17, 15) is 13.2 Å². The molecule has 0 spiro atoms. The van der Waals surface area contributed by atoms with Crippen LogP contribution in [0.15, 0.2) is 36.1 Å². The fraction of sp³-hybridized carbons (Fsp3) is 0.273. The van der Waals surface area contributed by atoms with E-state index in [-0.39, 0.29) is 5.69 Å². The molecule has 5 heteroatoms. The van der Waals surface area contributed by atoms with Crippen molar-refractivity contribution in [1.82, 2.24) is 0 Å². The van der Waals surface area contributed by atoms with Crippen molar-refractivity contribution in [1.29, 1.82) is 0 Å². The lowest BCUT2D eigenvalue weighted by Crippen LogP contribution is -2.21. The molecular weight excluding hydrogens is 219 g/mol. The van der Waals surface area contributed by atoms with Crippen molar-refractivity contribution in [3.05, 3.63) is 41.7 Å². The van der Waals surface area contributed by atoms with Gasteiger partial charge in [0, 0.05) is 0 Å². The number of halogens is 3. The van der Waals surface area contributed by atoms with Gasteiger partial charge in [-0.2, -0.15) is 13.2 Å². The van der Waals surface area contributed by atoms with E-state index in [4.69, 9.17) is 4.84 Å². The van der Waals surface area contributed by atoms with Crippen LogP contribution in [0.3, 0.4) is 0 Å². The first kappa shape index (κ1) is 10.9. The highest BCUT2D eigenvalue weighted by Gasteiger charge is 2.35. The smallest absolute Gasteiger partial charge is 0.384 e. The Balaban J connectivity index is 2.35. The van der Waals surface area contributed by atoms with Gasteiger partial charge in [0.1, 0.15) is 5.76 Å². The van der Waals surface area contributed by atoms with Crippen molar-refractivity contribution >= 4 is 5.69 Å². The molecule has 1 aromatic rings. The first-order valence-electron chi connectivity index (χ1n) is 4.77. The molecule has 1 aromatic carbocycles. The second-order valence-corrected chi connectivity index (χ2v) is 3.48. The Hall–Kier alpha value is -1.65. The third-order valence-electron chi connectivity index (χ3n) is 2.28. The summed E-state index contributed by atoms with van der Waals surface area (Å²) in [5, 5.41) is 1.23. The minimum Gasteiger partial charge on any atom is -0.384 e. The molecule has 1 heterocycles. The number of hydroxylamine groups is 1. The maximum absolute atomic E-state index is 12.7. The molecule has 86 valence electrons. The van der Waals surface area contributed by atoms with Crippen LogP contribution in [-0.4, -0.2) is 6.54 Å².